The van der Waals surface area contributed by atoms with Gasteiger partial charge in [-0.25, -0.2) is 9.78 Å². The van der Waals surface area contributed by atoms with Crippen LogP contribution in [0.5, 0.6) is 0 Å². The minimum atomic E-state index is -5.05. The number of aromatic nitrogens is 1. The molecule has 0 saturated carbocycles. The second-order valence-electron chi connectivity index (χ2n) is 3.26. The Balaban J connectivity index is 3.20. The molecule has 0 spiro atoms. The molecule has 0 aromatic carbocycles. The number of rotatable bonds is 4. The van der Waals surface area contributed by atoms with Crippen LogP contribution in [0.1, 0.15) is 22.3 Å². The van der Waals surface area contributed by atoms with Crippen LogP contribution in [0.15, 0.2) is 0 Å². The number of amides is 1. The van der Waals surface area contributed by atoms with Crippen molar-refractivity contribution in [3.63, 3.8) is 0 Å². The monoisotopic (exact) mass is 316 g/mol. The molecular weight excluding hydrogens is 309 g/mol. The Labute approximate surface area is 114 Å². The quantitative estimate of drug-likeness (QED) is 0.866. The lowest BCUT2D eigenvalue weighted by atomic mass is 10.4. The molecule has 0 unspecified atom stereocenters. The normalized spacial score (nSPS) is 11.4. The van der Waals surface area contributed by atoms with Gasteiger partial charge in [0.05, 0.1) is 11.6 Å². The first-order valence-corrected chi connectivity index (χ1v) is 6.25. The van der Waals surface area contributed by atoms with E-state index in [2.05, 4.69) is 4.98 Å². The Hall–Kier alpha value is -1.35. The molecule has 1 aromatic rings. The van der Waals surface area contributed by atoms with Crippen molar-refractivity contribution in [3.05, 3.63) is 10.6 Å². The Kier molecular flexibility index (Phi) is 4.75. The SMILES string of the molecule is CCN(C(=O)C(F)(F)F)c1nc(CCl)c(C(=O)O)s1. The molecule has 0 aliphatic heterocycles. The molecule has 0 radical (unpaired) electrons. The van der Waals surface area contributed by atoms with Gasteiger partial charge in [0.2, 0.25) is 0 Å². The number of halogens is 4. The van der Waals surface area contributed by atoms with E-state index < -0.39 is 18.1 Å². The van der Waals surface area contributed by atoms with Crippen molar-refractivity contribution >= 4 is 39.9 Å². The molecule has 0 aliphatic rings. The number of thiazole rings is 1. The fourth-order valence-corrected chi connectivity index (χ4v) is 2.49. The summed E-state index contributed by atoms with van der Waals surface area (Å²) in [6.07, 6.45) is -5.05. The molecule has 5 nitrogen and oxygen atoms in total. The van der Waals surface area contributed by atoms with Crippen LogP contribution < -0.4 is 4.90 Å². The molecule has 106 valence electrons. The van der Waals surface area contributed by atoms with E-state index in [0.29, 0.717) is 16.2 Å². The third-order valence-corrected chi connectivity index (χ3v) is 3.40. The van der Waals surface area contributed by atoms with Crippen molar-refractivity contribution in [2.24, 2.45) is 0 Å². The first-order valence-electron chi connectivity index (χ1n) is 4.90. The van der Waals surface area contributed by atoms with Crippen LogP contribution in [0, 0.1) is 0 Å². The van der Waals surface area contributed by atoms with E-state index in [9.17, 15) is 22.8 Å². The van der Waals surface area contributed by atoms with Crippen LogP contribution in [0.3, 0.4) is 0 Å². The van der Waals surface area contributed by atoms with Crippen molar-refractivity contribution in [2.45, 2.75) is 19.0 Å². The molecule has 1 rings (SSSR count). The molecule has 0 aliphatic carbocycles. The zero-order chi connectivity index (χ0) is 14.8. The molecule has 0 saturated heterocycles. The smallest absolute Gasteiger partial charge is 0.471 e. The predicted molar refractivity (Wildman–Crippen MR) is 62.7 cm³/mol. The van der Waals surface area contributed by atoms with Gasteiger partial charge >= 0.3 is 18.1 Å². The van der Waals surface area contributed by atoms with E-state index in [1.165, 1.54) is 6.92 Å². The average Bonchev–Trinajstić information content (AvgIpc) is 2.72. The maximum atomic E-state index is 12.4. The van der Waals surface area contributed by atoms with E-state index in [0.717, 1.165) is 0 Å². The molecule has 0 fully saturated rings. The lowest BCUT2D eigenvalue weighted by Crippen LogP contribution is -2.41. The maximum Gasteiger partial charge on any atom is 0.471 e. The van der Waals surface area contributed by atoms with Gasteiger partial charge in [-0.15, -0.1) is 11.6 Å². The third-order valence-electron chi connectivity index (χ3n) is 2.04. The largest absolute Gasteiger partial charge is 0.477 e. The summed E-state index contributed by atoms with van der Waals surface area (Å²) in [7, 11) is 0. The summed E-state index contributed by atoms with van der Waals surface area (Å²) in [4.78, 5) is 25.8. The van der Waals surface area contributed by atoms with Gasteiger partial charge in [0.15, 0.2) is 5.13 Å². The number of hydrogen-bond acceptors (Lipinski definition) is 4. The van der Waals surface area contributed by atoms with Gasteiger partial charge in [0, 0.05) is 6.54 Å². The highest BCUT2D eigenvalue weighted by Gasteiger charge is 2.43. The summed E-state index contributed by atoms with van der Waals surface area (Å²) in [6.45, 7) is 1.04. The lowest BCUT2D eigenvalue weighted by Gasteiger charge is -2.18. The van der Waals surface area contributed by atoms with E-state index in [4.69, 9.17) is 16.7 Å². The molecule has 0 atom stereocenters. The second-order valence-corrected chi connectivity index (χ2v) is 4.50. The van der Waals surface area contributed by atoms with E-state index >= 15 is 0 Å². The average molecular weight is 317 g/mol. The fraction of sp³-hybridized carbons (Fsp3) is 0.444. The molecule has 0 bridgehead atoms. The van der Waals surface area contributed by atoms with E-state index in [-0.39, 0.29) is 28.1 Å². The maximum absolute atomic E-state index is 12.4. The standard InChI is InChI=1S/C9H8ClF3N2O3S/c1-2-15(7(18)9(11,12)13)8-14-4(3-10)5(19-8)6(16)17/h2-3H2,1H3,(H,16,17). The molecule has 10 heteroatoms. The summed E-state index contributed by atoms with van der Waals surface area (Å²) in [5.41, 5.74) is -0.0670. The number of carbonyl (C=O) groups is 2. The van der Waals surface area contributed by atoms with Crippen LogP contribution >= 0.6 is 22.9 Å². The van der Waals surface area contributed by atoms with Gasteiger partial charge in [-0.1, -0.05) is 11.3 Å². The van der Waals surface area contributed by atoms with Crippen LogP contribution in [0.4, 0.5) is 18.3 Å². The Bertz CT molecular complexity index is 503. The third kappa shape index (κ3) is 3.35. The van der Waals surface area contributed by atoms with Crippen LogP contribution in [0.25, 0.3) is 0 Å². The second kappa shape index (κ2) is 5.74. The summed E-state index contributed by atoms with van der Waals surface area (Å²) < 4.78 is 37.1. The predicted octanol–water partition coefficient (Wildman–Crippen LogP) is 2.50. The summed E-state index contributed by atoms with van der Waals surface area (Å²) in [5.74, 6) is -3.72. The van der Waals surface area contributed by atoms with Crippen molar-refractivity contribution < 1.29 is 27.9 Å². The number of carboxylic acid groups (broad SMARTS) is 1. The molecular formula is C9H8ClF3N2O3S. The highest BCUT2D eigenvalue weighted by Crippen LogP contribution is 2.30. The number of aromatic carboxylic acids is 1. The zero-order valence-electron chi connectivity index (χ0n) is 9.49. The number of hydrogen-bond donors (Lipinski definition) is 1. The Morgan fingerprint density at radius 1 is 1.47 bits per heavy atom. The first kappa shape index (κ1) is 15.7. The summed E-state index contributed by atoms with van der Waals surface area (Å²) >= 11 is 5.94. The van der Waals surface area contributed by atoms with Crippen molar-refractivity contribution in [1.82, 2.24) is 4.98 Å². The van der Waals surface area contributed by atoms with Crippen molar-refractivity contribution in [2.75, 3.05) is 11.4 Å². The minimum absolute atomic E-state index is 0.0670. The zero-order valence-corrected chi connectivity index (χ0v) is 11.1. The molecule has 19 heavy (non-hydrogen) atoms. The highest BCUT2D eigenvalue weighted by atomic mass is 35.5. The molecule has 1 heterocycles. The fourth-order valence-electron chi connectivity index (χ4n) is 1.23. The Morgan fingerprint density at radius 3 is 2.37 bits per heavy atom. The van der Waals surface area contributed by atoms with Crippen LogP contribution in [-0.4, -0.2) is 34.7 Å². The van der Waals surface area contributed by atoms with Crippen LogP contribution in [0.2, 0.25) is 0 Å². The van der Waals surface area contributed by atoms with Gasteiger partial charge < -0.3 is 5.11 Å². The van der Waals surface area contributed by atoms with Gasteiger partial charge in [-0.2, -0.15) is 13.2 Å². The van der Waals surface area contributed by atoms with Gasteiger partial charge in [0.25, 0.3) is 0 Å². The summed E-state index contributed by atoms with van der Waals surface area (Å²) in [6, 6.07) is 0. The summed E-state index contributed by atoms with van der Waals surface area (Å²) in [5, 5.41) is 8.51. The van der Waals surface area contributed by atoms with E-state index in [1.54, 1.807) is 0 Å². The van der Waals surface area contributed by atoms with Gasteiger partial charge in [-0.3, -0.25) is 9.69 Å². The number of anilines is 1. The first-order chi connectivity index (χ1) is 8.72. The number of alkyl halides is 4. The highest BCUT2D eigenvalue weighted by molar-refractivity contribution is 7.17. The lowest BCUT2D eigenvalue weighted by molar-refractivity contribution is -0.170. The van der Waals surface area contributed by atoms with Crippen molar-refractivity contribution in [1.29, 1.82) is 0 Å². The molecule has 1 N–H and O–H groups in total. The van der Waals surface area contributed by atoms with Gasteiger partial charge in [-0.05, 0) is 6.92 Å². The van der Waals surface area contributed by atoms with Gasteiger partial charge in [0.1, 0.15) is 4.88 Å². The number of carboxylic acids is 1. The number of nitrogens with zero attached hydrogens (tertiary/aromatic N) is 2. The van der Waals surface area contributed by atoms with Crippen LogP contribution in [-0.2, 0) is 10.7 Å². The minimum Gasteiger partial charge on any atom is -0.477 e. The van der Waals surface area contributed by atoms with E-state index in [1.807, 2.05) is 0 Å². The Morgan fingerprint density at radius 2 is 2.05 bits per heavy atom. The molecule has 1 aromatic heterocycles. The number of carbonyl (C=O) groups excluding carboxylic acids is 1. The molecule has 1 amide bonds. The van der Waals surface area contributed by atoms with Crippen molar-refractivity contribution in [3.8, 4) is 0 Å². The topological polar surface area (TPSA) is 70.5 Å².